The van der Waals surface area contributed by atoms with Crippen LogP contribution in [0.1, 0.15) is 25.3 Å². The molecule has 1 aliphatic rings. The minimum absolute atomic E-state index is 0.106. The quantitative estimate of drug-likeness (QED) is 0.483. The monoisotopic (exact) mass is 467 g/mol. The molecular formula is C23H18ClF4NO3. The average Bonchev–Trinajstić information content (AvgIpc) is 3.20. The Kier molecular flexibility index (Phi) is 6.00. The minimum atomic E-state index is -4.85. The van der Waals surface area contributed by atoms with E-state index in [2.05, 4.69) is 0 Å². The average molecular weight is 468 g/mol. The summed E-state index contributed by atoms with van der Waals surface area (Å²) >= 11 is 5.37. The topological polar surface area (TPSA) is 70.3 Å². The van der Waals surface area contributed by atoms with E-state index in [4.69, 9.17) is 16.3 Å². The molecule has 0 radical (unpaired) electrons. The maximum absolute atomic E-state index is 14.3. The maximum Gasteiger partial charge on any atom is 0.426 e. The Bertz CT molecular complexity index is 1110. The zero-order chi connectivity index (χ0) is 23.9. The van der Waals surface area contributed by atoms with Gasteiger partial charge in [0.25, 0.3) is 0 Å². The molecule has 168 valence electrons. The molecule has 0 aromatic heterocycles. The number of alkyl halides is 3. The number of halogens is 5. The van der Waals surface area contributed by atoms with E-state index in [0.717, 1.165) is 6.07 Å². The second kappa shape index (κ2) is 8.14. The van der Waals surface area contributed by atoms with Crippen LogP contribution in [0.2, 0.25) is 0 Å². The lowest BCUT2D eigenvalue weighted by Gasteiger charge is -2.22. The van der Waals surface area contributed by atoms with E-state index in [-0.39, 0.29) is 11.3 Å². The molecule has 0 amide bonds. The van der Waals surface area contributed by atoms with Gasteiger partial charge in [0.1, 0.15) is 16.2 Å². The van der Waals surface area contributed by atoms with Crippen LogP contribution in [0.3, 0.4) is 0 Å². The zero-order valence-electron chi connectivity index (χ0n) is 17.0. The molecule has 2 aromatic carbocycles. The number of hydrogen-bond donors (Lipinski definition) is 1. The molecule has 1 N–H and O–H groups in total. The van der Waals surface area contributed by atoms with Crippen molar-refractivity contribution in [1.29, 1.82) is 5.26 Å². The molecule has 32 heavy (non-hydrogen) atoms. The van der Waals surface area contributed by atoms with Gasteiger partial charge in [-0.3, -0.25) is 4.79 Å². The van der Waals surface area contributed by atoms with E-state index >= 15 is 0 Å². The van der Waals surface area contributed by atoms with Gasteiger partial charge in [0.2, 0.25) is 0 Å². The number of para-hydroxylation sites is 1. The molecular weight excluding hydrogens is 450 g/mol. The number of benzene rings is 2. The number of ether oxygens (including phenoxy) is 1. The third-order valence-corrected chi connectivity index (χ3v) is 6.37. The first-order valence-electron chi connectivity index (χ1n) is 9.47. The second-order valence-corrected chi connectivity index (χ2v) is 8.46. The number of carbonyl (C=O) groups is 1. The molecule has 3 atom stereocenters. The van der Waals surface area contributed by atoms with Crippen LogP contribution >= 0.6 is 11.6 Å². The Labute approximate surface area is 186 Å². The summed E-state index contributed by atoms with van der Waals surface area (Å²) in [6.45, 7) is 2.91. The van der Waals surface area contributed by atoms with Crippen molar-refractivity contribution in [3.8, 4) is 17.6 Å². The number of rotatable bonds is 6. The Morgan fingerprint density at radius 3 is 2.41 bits per heavy atom. The molecule has 3 rings (SSSR count). The highest BCUT2D eigenvalue weighted by atomic mass is 35.5. The van der Waals surface area contributed by atoms with Crippen molar-refractivity contribution in [3.63, 3.8) is 0 Å². The van der Waals surface area contributed by atoms with Crippen LogP contribution in [0.5, 0.6) is 11.5 Å². The van der Waals surface area contributed by atoms with Crippen molar-refractivity contribution in [2.75, 3.05) is 0 Å². The second-order valence-electron chi connectivity index (χ2n) is 8.05. The Hall–Kier alpha value is -3.05. The van der Waals surface area contributed by atoms with Crippen LogP contribution in [-0.4, -0.2) is 17.3 Å². The summed E-state index contributed by atoms with van der Waals surface area (Å²) in [5, 5.41) is 18.5. The molecule has 0 aliphatic heterocycles. The fourth-order valence-corrected chi connectivity index (χ4v) is 4.46. The molecule has 1 aliphatic carbocycles. The lowest BCUT2D eigenvalue weighted by Crippen LogP contribution is -2.29. The van der Waals surface area contributed by atoms with Gasteiger partial charge in [0.15, 0.2) is 11.6 Å². The summed E-state index contributed by atoms with van der Waals surface area (Å²) in [4.78, 5) is 12.3. The van der Waals surface area contributed by atoms with E-state index in [0.29, 0.717) is 11.8 Å². The van der Waals surface area contributed by atoms with Crippen molar-refractivity contribution >= 4 is 17.6 Å². The van der Waals surface area contributed by atoms with Gasteiger partial charge in [-0.15, -0.1) is 0 Å². The molecule has 9 heteroatoms. The molecule has 3 unspecified atom stereocenters. The molecule has 0 spiro atoms. The predicted molar refractivity (Wildman–Crippen MR) is 109 cm³/mol. The van der Waals surface area contributed by atoms with E-state index in [9.17, 15) is 32.7 Å². The Morgan fingerprint density at radius 2 is 1.88 bits per heavy atom. The maximum atomic E-state index is 14.3. The van der Waals surface area contributed by atoms with Crippen molar-refractivity contribution in [2.24, 2.45) is 16.7 Å². The van der Waals surface area contributed by atoms with Crippen molar-refractivity contribution in [2.45, 2.75) is 25.9 Å². The Morgan fingerprint density at radius 1 is 1.25 bits per heavy atom. The molecule has 1 fully saturated rings. The van der Waals surface area contributed by atoms with Crippen molar-refractivity contribution in [3.05, 3.63) is 71.0 Å². The number of aliphatic carboxylic acids is 1. The lowest BCUT2D eigenvalue weighted by atomic mass is 9.78. The molecule has 0 saturated heterocycles. The normalized spacial score (nSPS) is 23.2. The first-order valence-corrected chi connectivity index (χ1v) is 9.85. The van der Waals surface area contributed by atoms with Gasteiger partial charge < -0.3 is 9.84 Å². The van der Waals surface area contributed by atoms with Crippen LogP contribution in [0.15, 0.2) is 59.6 Å². The van der Waals surface area contributed by atoms with Crippen molar-refractivity contribution < 1.29 is 32.2 Å². The number of nitriles is 1. The van der Waals surface area contributed by atoms with E-state index in [1.165, 1.54) is 26.0 Å². The number of hydrogen-bond acceptors (Lipinski definition) is 3. The number of carboxylic acid groups (broad SMARTS) is 1. The van der Waals surface area contributed by atoms with Gasteiger partial charge >= 0.3 is 12.1 Å². The molecule has 2 aromatic rings. The van der Waals surface area contributed by atoms with Gasteiger partial charge in [0, 0.05) is 5.92 Å². The standard InChI is InChI=1S/C23H18ClF4NO3/c1-21(2)18(11-19(24)23(26,27)28)22(21,20(30)31)15(12-29)13-8-9-16(25)17(10-13)32-14-6-4-3-5-7-14/h3-11,15,18H,1-2H3,(H,30,31). The number of carboxylic acids is 1. The molecule has 4 nitrogen and oxygen atoms in total. The van der Waals surface area contributed by atoms with Crippen LogP contribution < -0.4 is 4.74 Å². The van der Waals surface area contributed by atoms with Crippen molar-refractivity contribution in [1.82, 2.24) is 0 Å². The summed E-state index contributed by atoms with van der Waals surface area (Å²) in [7, 11) is 0. The molecule has 0 heterocycles. The summed E-state index contributed by atoms with van der Waals surface area (Å²) in [6.07, 6.45) is -4.20. The highest BCUT2D eigenvalue weighted by Gasteiger charge is 2.78. The SMILES string of the molecule is CC1(C)C(C=C(Cl)C(F)(F)F)C1(C(=O)O)C(C#N)c1ccc(F)c(Oc2ccccc2)c1. The predicted octanol–water partition coefficient (Wildman–Crippen LogP) is 6.64. The lowest BCUT2D eigenvalue weighted by molar-refractivity contribution is -0.145. The fourth-order valence-electron chi connectivity index (χ4n) is 4.33. The fraction of sp³-hybridized carbons (Fsp3) is 0.304. The van der Waals surface area contributed by atoms with Gasteiger partial charge in [-0.2, -0.15) is 18.4 Å². The van der Waals surface area contributed by atoms with Crippen LogP contribution in [-0.2, 0) is 4.79 Å². The number of nitrogens with zero attached hydrogens (tertiary/aromatic N) is 1. The van der Waals surface area contributed by atoms with Crippen LogP contribution in [0.25, 0.3) is 0 Å². The zero-order valence-corrected chi connectivity index (χ0v) is 17.7. The first kappa shape index (κ1) is 23.6. The molecule has 0 bridgehead atoms. The van der Waals surface area contributed by atoms with Gasteiger partial charge in [0.05, 0.1) is 12.0 Å². The van der Waals surface area contributed by atoms with Gasteiger partial charge in [-0.05, 0) is 35.2 Å². The van der Waals surface area contributed by atoms with Gasteiger partial charge in [-0.25, -0.2) is 4.39 Å². The van der Waals surface area contributed by atoms with E-state index < -0.39 is 45.7 Å². The summed E-state index contributed by atoms with van der Waals surface area (Å²) in [5.41, 5.74) is -3.04. The number of allylic oxidation sites excluding steroid dienone is 2. The van der Waals surface area contributed by atoms with Crippen LogP contribution in [0.4, 0.5) is 17.6 Å². The largest absolute Gasteiger partial charge is 0.481 e. The highest BCUT2D eigenvalue weighted by Crippen LogP contribution is 2.75. The van der Waals surface area contributed by atoms with E-state index in [1.807, 2.05) is 6.07 Å². The summed E-state index contributed by atoms with van der Waals surface area (Å²) < 4.78 is 58.8. The van der Waals surface area contributed by atoms with E-state index in [1.54, 1.807) is 30.3 Å². The molecule has 1 saturated carbocycles. The minimum Gasteiger partial charge on any atom is -0.481 e. The first-order chi connectivity index (χ1) is 14.9. The summed E-state index contributed by atoms with van der Waals surface area (Å²) in [6, 6.07) is 13.6. The van der Waals surface area contributed by atoms with Gasteiger partial charge in [-0.1, -0.05) is 55.8 Å². The summed E-state index contributed by atoms with van der Waals surface area (Å²) in [5.74, 6) is -4.70. The van der Waals surface area contributed by atoms with Crippen LogP contribution in [0, 0.1) is 33.9 Å². The smallest absolute Gasteiger partial charge is 0.426 e. The Balaban J connectivity index is 2.07. The third-order valence-electron chi connectivity index (χ3n) is 6.03. The third kappa shape index (κ3) is 3.82. The highest BCUT2D eigenvalue weighted by molar-refractivity contribution is 6.30.